The SMILES string of the molecule is O=C(COc1ccc(Br)cc1)NNC(=O)[C@@H]1CCCC[C@@H]1C(=O)O. The maximum absolute atomic E-state index is 12.1. The summed E-state index contributed by atoms with van der Waals surface area (Å²) in [7, 11) is 0. The molecule has 130 valence electrons. The van der Waals surface area contributed by atoms with Crippen LogP contribution in [-0.2, 0) is 14.4 Å². The van der Waals surface area contributed by atoms with Gasteiger partial charge in [0.05, 0.1) is 11.8 Å². The molecule has 0 aromatic heterocycles. The summed E-state index contributed by atoms with van der Waals surface area (Å²) in [5.74, 6) is -2.76. The van der Waals surface area contributed by atoms with E-state index in [2.05, 4.69) is 26.8 Å². The van der Waals surface area contributed by atoms with E-state index in [1.165, 1.54) is 0 Å². The maximum atomic E-state index is 12.1. The largest absolute Gasteiger partial charge is 0.484 e. The topological polar surface area (TPSA) is 105 Å². The smallest absolute Gasteiger partial charge is 0.307 e. The summed E-state index contributed by atoms with van der Waals surface area (Å²) in [4.78, 5) is 35.0. The molecule has 0 radical (unpaired) electrons. The van der Waals surface area contributed by atoms with Gasteiger partial charge in [-0.3, -0.25) is 25.2 Å². The highest BCUT2D eigenvalue weighted by Gasteiger charge is 2.35. The van der Waals surface area contributed by atoms with Crippen LogP contribution in [0.25, 0.3) is 0 Å². The first-order chi connectivity index (χ1) is 11.5. The third-order valence-corrected chi connectivity index (χ3v) is 4.46. The molecule has 0 unspecified atom stereocenters. The molecule has 24 heavy (non-hydrogen) atoms. The van der Waals surface area contributed by atoms with E-state index < -0.39 is 29.6 Å². The molecule has 1 fully saturated rings. The second-order valence-electron chi connectivity index (χ2n) is 5.62. The van der Waals surface area contributed by atoms with Gasteiger partial charge in [0, 0.05) is 4.47 Å². The number of amides is 2. The van der Waals surface area contributed by atoms with Gasteiger partial charge in [-0.05, 0) is 37.1 Å². The lowest BCUT2D eigenvalue weighted by Crippen LogP contribution is -2.49. The van der Waals surface area contributed by atoms with Crippen LogP contribution < -0.4 is 15.6 Å². The first kappa shape index (κ1) is 18.3. The Hall–Kier alpha value is -2.09. The molecule has 0 saturated heterocycles. The van der Waals surface area contributed by atoms with Crippen LogP contribution in [-0.4, -0.2) is 29.5 Å². The van der Waals surface area contributed by atoms with E-state index in [0.717, 1.165) is 17.3 Å². The van der Waals surface area contributed by atoms with E-state index in [1.807, 2.05) is 0 Å². The molecule has 0 aliphatic heterocycles. The highest BCUT2D eigenvalue weighted by Crippen LogP contribution is 2.30. The predicted molar refractivity (Wildman–Crippen MR) is 89.0 cm³/mol. The van der Waals surface area contributed by atoms with Crippen LogP contribution in [0.5, 0.6) is 5.75 Å². The molecule has 7 nitrogen and oxygen atoms in total. The van der Waals surface area contributed by atoms with Crippen molar-refractivity contribution in [1.29, 1.82) is 0 Å². The Bertz CT molecular complexity index is 605. The Morgan fingerprint density at radius 3 is 2.33 bits per heavy atom. The second-order valence-corrected chi connectivity index (χ2v) is 6.53. The van der Waals surface area contributed by atoms with E-state index in [-0.39, 0.29) is 6.61 Å². The number of carboxylic acid groups (broad SMARTS) is 1. The van der Waals surface area contributed by atoms with Crippen LogP contribution in [0.3, 0.4) is 0 Å². The average Bonchev–Trinajstić information content (AvgIpc) is 2.59. The number of rotatable bonds is 5. The third kappa shape index (κ3) is 5.23. The van der Waals surface area contributed by atoms with Crippen molar-refractivity contribution < 1.29 is 24.2 Å². The molecule has 1 aromatic carbocycles. The number of hydrogen-bond donors (Lipinski definition) is 3. The van der Waals surface area contributed by atoms with Crippen LogP contribution in [0.15, 0.2) is 28.7 Å². The Labute approximate surface area is 147 Å². The normalized spacial score (nSPS) is 20.0. The van der Waals surface area contributed by atoms with Crippen molar-refractivity contribution in [2.45, 2.75) is 25.7 Å². The highest BCUT2D eigenvalue weighted by atomic mass is 79.9. The van der Waals surface area contributed by atoms with E-state index in [9.17, 15) is 19.5 Å². The van der Waals surface area contributed by atoms with Crippen LogP contribution >= 0.6 is 15.9 Å². The maximum Gasteiger partial charge on any atom is 0.307 e. The van der Waals surface area contributed by atoms with E-state index in [0.29, 0.717) is 18.6 Å². The van der Waals surface area contributed by atoms with Crippen molar-refractivity contribution in [1.82, 2.24) is 10.9 Å². The number of carbonyl (C=O) groups is 3. The molecule has 1 aromatic rings. The minimum absolute atomic E-state index is 0.255. The van der Waals surface area contributed by atoms with Gasteiger partial charge in [-0.1, -0.05) is 28.8 Å². The van der Waals surface area contributed by atoms with Gasteiger partial charge < -0.3 is 9.84 Å². The van der Waals surface area contributed by atoms with Crippen molar-refractivity contribution >= 4 is 33.7 Å². The van der Waals surface area contributed by atoms with Crippen molar-refractivity contribution in [3.8, 4) is 5.75 Å². The lowest BCUT2D eigenvalue weighted by Gasteiger charge is -2.27. The average molecular weight is 399 g/mol. The molecule has 0 heterocycles. The lowest BCUT2D eigenvalue weighted by atomic mass is 9.79. The zero-order valence-corrected chi connectivity index (χ0v) is 14.5. The Balaban J connectivity index is 1.77. The molecule has 1 saturated carbocycles. The minimum atomic E-state index is -0.972. The van der Waals surface area contributed by atoms with Crippen molar-refractivity contribution in [2.24, 2.45) is 11.8 Å². The minimum Gasteiger partial charge on any atom is -0.484 e. The number of benzene rings is 1. The summed E-state index contributed by atoms with van der Waals surface area (Å²) in [5, 5.41) is 9.17. The number of ether oxygens (including phenoxy) is 1. The van der Waals surface area contributed by atoms with E-state index >= 15 is 0 Å². The number of carbonyl (C=O) groups excluding carboxylic acids is 2. The molecular weight excluding hydrogens is 380 g/mol. The summed E-state index contributed by atoms with van der Waals surface area (Å²) < 4.78 is 6.18. The van der Waals surface area contributed by atoms with Gasteiger partial charge in [0.25, 0.3) is 5.91 Å². The molecule has 1 aliphatic rings. The quantitative estimate of drug-likeness (QED) is 0.656. The lowest BCUT2D eigenvalue weighted by molar-refractivity contribution is -0.149. The molecule has 3 N–H and O–H groups in total. The van der Waals surface area contributed by atoms with Gasteiger partial charge in [0.15, 0.2) is 6.61 Å². The van der Waals surface area contributed by atoms with Crippen LogP contribution in [0.4, 0.5) is 0 Å². The molecule has 8 heteroatoms. The number of carboxylic acids is 1. The first-order valence-corrected chi connectivity index (χ1v) is 8.46. The van der Waals surface area contributed by atoms with Gasteiger partial charge in [0.2, 0.25) is 5.91 Å². The number of nitrogens with one attached hydrogen (secondary N) is 2. The molecule has 0 bridgehead atoms. The zero-order chi connectivity index (χ0) is 17.5. The molecule has 2 atom stereocenters. The Kier molecular flexibility index (Phi) is 6.60. The fourth-order valence-electron chi connectivity index (χ4n) is 2.68. The number of aliphatic carboxylic acids is 1. The monoisotopic (exact) mass is 398 g/mol. The summed E-state index contributed by atoms with van der Waals surface area (Å²) in [6, 6.07) is 6.97. The predicted octanol–water partition coefficient (Wildman–Crippen LogP) is 1.87. The van der Waals surface area contributed by atoms with Crippen molar-refractivity contribution in [3.63, 3.8) is 0 Å². The number of hydrogen-bond acceptors (Lipinski definition) is 4. The molecular formula is C16H19BrN2O5. The Morgan fingerprint density at radius 2 is 1.71 bits per heavy atom. The first-order valence-electron chi connectivity index (χ1n) is 7.67. The van der Waals surface area contributed by atoms with E-state index in [4.69, 9.17) is 4.74 Å². The highest BCUT2D eigenvalue weighted by molar-refractivity contribution is 9.10. The molecule has 0 spiro atoms. The van der Waals surface area contributed by atoms with Crippen LogP contribution in [0, 0.1) is 11.8 Å². The van der Waals surface area contributed by atoms with Crippen molar-refractivity contribution in [3.05, 3.63) is 28.7 Å². The number of hydrazine groups is 1. The Morgan fingerprint density at radius 1 is 1.08 bits per heavy atom. The van der Waals surface area contributed by atoms with Crippen LogP contribution in [0.1, 0.15) is 25.7 Å². The summed E-state index contributed by atoms with van der Waals surface area (Å²) >= 11 is 3.29. The summed E-state index contributed by atoms with van der Waals surface area (Å²) in [5.41, 5.74) is 4.55. The zero-order valence-electron chi connectivity index (χ0n) is 13.0. The van der Waals surface area contributed by atoms with E-state index in [1.54, 1.807) is 24.3 Å². The standard InChI is InChI=1S/C16H19BrN2O5/c17-10-5-7-11(8-6-10)24-9-14(20)18-19-15(21)12-3-1-2-4-13(12)16(22)23/h5-8,12-13H,1-4,9H2,(H,18,20)(H,19,21)(H,22,23)/t12-,13+/m1/s1. The van der Waals surface area contributed by atoms with Crippen LogP contribution in [0.2, 0.25) is 0 Å². The van der Waals surface area contributed by atoms with Crippen molar-refractivity contribution in [2.75, 3.05) is 6.61 Å². The molecule has 2 rings (SSSR count). The van der Waals surface area contributed by atoms with Gasteiger partial charge in [-0.2, -0.15) is 0 Å². The molecule has 2 amide bonds. The van der Waals surface area contributed by atoms with Gasteiger partial charge in [-0.25, -0.2) is 0 Å². The number of halogens is 1. The fourth-order valence-corrected chi connectivity index (χ4v) is 2.94. The van der Waals surface area contributed by atoms with Gasteiger partial charge in [-0.15, -0.1) is 0 Å². The molecule has 1 aliphatic carbocycles. The third-order valence-electron chi connectivity index (χ3n) is 3.93. The second kappa shape index (κ2) is 8.68. The summed E-state index contributed by atoms with van der Waals surface area (Å²) in [6.07, 6.45) is 2.60. The van der Waals surface area contributed by atoms with Gasteiger partial charge >= 0.3 is 5.97 Å². The fraction of sp³-hybridized carbons (Fsp3) is 0.438. The summed E-state index contributed by atoms with van der Waals surface area (Å²) in [6.45, 7) is -0.255. The van der Waals surface area contributed by atoms with Gasteiger partial charge in [0.1, 0.15) is 5.75 Å².